The molecule has 1 N–H and O–H groups in total. The van der Waals surface area contributed by atoms with Gasteiger partial charge < -0.3 is 38.3 Å². The normalized spacial score (nSPS) is 18.6. The number of rotatable bonds is 8. The molecule has 0 aromatic heterocycles. The maximum atomic E-state index is 11.9. The van der Waals surface area contributed by atoms with Crippen LogP contribution in [0, 0.1) is 0 Å². The highest BCUT2D eigenvalue weighted by Gasteiger charge is 2.42. The lowest BCUT2D eigenvalue weighted by molar-refractivity contribution is 0.224. The number of likely N-dealkylation sites (N-methyl/N-ethyl adjacent to an activating group) is 2. The van der Waals surface area contributed by atoms with Gasteiger partial charge in [0.05, 0.1) is 42.7 Å². The largest absolute Gasteiger partial charge is 0.504 e. The van der Waals surface area contributed by atoms with E-state index in [1.165, 1.54) is 16.7 Å². The SMILES string of the molecule is COc1cc(Oc2c(OC)ccc3c2-c2c(OC)c(OC)cc4c2[C@H](C3)N(C)CC4)c2c(c1O)-c1c(OC)c(OC)cc3c1[C@H](C2)N(C)CC3. The maximum absolute atomic E-state index is 11.9. The summed E-state index contributed by atoms with van der Waals surface area (Å²) in [6.07, 6.45) is 3.17. The monoisotopic (exact) mass is 680 g/mol. The molecule has 2 aliphatic heterocycles. The number of phenols is 1. The molecule has 4 aliphatic rings. The fourth-order valence-corrected chi connectivity index (χ4v) is 8.86. The number of hydrogen-bond acceptors (Lipinski definition) is 10. The van der Waals surface area contributed by atoms with Crippen molar-refractivity contribution < 1.29 is 38.3 Å². The maximum Gasteiger partial charge on any atom is 0.177 e. The molecule has 4 aromatic carbocycles. The number of fused-ring (bicyclic) bond motifs is 4. The second-order valence-corrected chi connectivity index (χ2v) is 13.5. The molecule has 0 amide bonds. The summed E-state index contributed by atoms with van der Waals surface area (Å²) >= 11 is 0. The lowest BCUT2D eigenvalue weighted by Crippen LogP contribution is -2.36. The fourth-order valence-electron chi connectivity index (χ4n) is 8.86. The quantitative estimate of drug-likeness (QED) is 0.216. The van der Waals surface area contributed by atoms with Crippen molar-refractivity contribution in [3.05, 3.63) is 63.7 Å². The first-order valence-corrected chi connectivity index (χ1v) is 17.1. The summed E-state index contributed by atoms with van der Waals surface area (Å²) in [4.78, 5) is 4.78. The molecular weight excluding hydrogens is 636 g/mol. The van der Waals surface area contributed by atoms with E-state index in [2.05, 4.69) is 42.1 Å². The van der Waals surface area contributed by atoms with Crippen molar-refractivity contribution >= 4 is 0 Å². The Morgan fingerprint density at radius 3 is 1.62 bits per heavy atom. The first kappa shape index (κ1) is 32.4. The Hall–Kier alpha value is -4.80. The second kappa shape index (κ2) is 12.2. The van der Waals surface area contributed by atoms with Crippen molar-refractivity contribution in [1.29, 1.82) is 0 Å². The molecule has 2 heterocycles. The van der Waals surface area contributed by atoms with Crippen LogP contribution < -0.4 is 33.2 Å². The van der Waals surface area contributed by atoms with E-state index in [1.807, 2.05) is 6.07 Å². The van der Waals surface area contributed by atoms with E-state index in [0.717, 1.165) is 65.7 Å². The molecule has 0 radical (unpaired) electrons. The Morgan fingerprint density at radius 1 is 0.540 bits per heavy atom. The molecule has 50 heavy (non-hydrogen) atoms. The van der Waals surface area contributed by atoms with E-state index < -0.39 is 0 Å². The minimum Gasteiger partial charge on any atom is -0.504 e. The van der Waals surface area contributed by atoms with Gasteiger partial charge in [0.25, 0.3) is 0 Å². The van der Waals surface area contributed by atoms with Crippen LogP contribution in [0.1, 0.15) is 45.5 Å². The Kier molecular flexibility index (Phi) is 7.91. The van der Waals surface area contributed by atoms with Crippen LogP contribution in [0.5, 0.6) is 51.7 Å². The highest BCUT2D eigenvalue weighted by molar-refractivity contribution is 5.92. The summed E-state index contributed by atoms with van der Waals surface area (Å²) in [5, 5.41) is 11.9. The molecule has 8 rings (SSSR count). The number of phenolic OH excluding ortho intramolecular Hbond substituents is 1. The van der Waals surface area contributed by atoms with Crippen molar-refractivity contribution in [2.45, 2.75) is 37.8 Å². The number of aromatic hydroxyl groups is 1. The Bertz CT molecular complexity index is 2040. The molecule has 262 valence electrons. The molecular formula is C40H44N2O8. The molecule has 10 nitrogen and oxygen atoms in total. The van der Waals surface area contributed by atoms with Crippen LogP contribution in [0.4, 0.5) is 0 Å². The predicted molar refractivity (Wildman–Crippen MR) is 190 cm³/mol. The summed E-state index contributed by atoms with van der Waals surface area (Å²) in [7, 11) is 14.2. The van der Waals surface area contributed by atoms with Gasteiger partial charge in [0, 0.05) is 59.1 Å². The van der Waals surface area contributed by atoms with E-state index in [9.17, 15) is 5.11 Å². The predicted octanol–water partition coefficient (Wildman–Crippen LogP) is 6.74. The number of nitrogens with zero attached hydrogens (tertiary/aromatic N) is 2. The number of ether oxygens (including phenoxy) is 7. The van der Waals surface area contributed by atoms with Gasteiger partial charge >= 0.3 is 0 Å². The molecule has 2 atom stereocenters. The number of hydrogen-bond donors (Lipinski definition) is 1. The van der Waals surface area contributed by atoms with Gasteiger partial charge in [-0.2, -0.15) is 0 Å². The zero-order valence-corrected chi connectivity index (χ0v) is 30.0. The van der Waals surface area contributed by atoms with Crippen LogP contribution in [0.3, 0.4) is 0 Å². The summed E-state index contributed by atoms with van der Waals surface area (Å²) in [6, 6.07) is 10.3. The van der Waals surface area contributed by atoms with Gasteiger partial charge in [-0.25, -0.2) is 0 Å². The third-order valence-corrected chi connectivity index (χ3v) is 11.3. The minimum absolute atomic E-state index is 0.0320. The van der Waals surface area contributed by atoms with Gasteiger partial charge in [-0.3, -0.25) is 9.80 Å². The molecule has 10 heteroatoms. The van der Waals surface area contributed by atoms with Crippen LogP contribution in [0.15, 0.2) is 30.3 Å². The first-order chi connectivity index (χ1) is 24.3. The fraction of sp³-hybridized carbons (Fsp3) is 0.400. The summed E-state index contributed by atoms with van der Waals surface area (Å²) in [5.41, 5.74) is 10.1. The van der Waals surface area contributed by atoms with Crippen molar-refractivity contribution in [2.75, 3.05) is 69.8 Å². The number of methoxy groups -OCH3 is 6. The molecule has 0 fully saturated rings. The van der Waals surface area contributed by atoms with Crippen LogP contribution in [0.25, 0.3) is 22.3 Å². The van der Waals surface area contributed by atoms with Crippen LogP contribution in [0.2, 0.25) is 0 Å². The standard InChI is InChI=1S/C40H44N2O8/c1-41-13-11-21-16-29(46-5)38(48-7)35-31(21)24(41)15-20-9-10-26(44-3)40(33(20)35)50-27-19-28(45-4)37(43)34-23(27)18-25-32-22(12-14-42(25)2)17-30(47-6)39(49-8)36(32)34/h9-10,16-17,19,24-25,43H,11-15,18H2,1-8H3/t24-,25-/m0/s1. The van der Waals surface area contributed by atoms with Gasteiger partial charge in [-0.1, -0.05) is 6.07 Å². The molecule has 0 saturated heterocycles. The average molecular weight is 681 g/mol. The highest BCUT2D eigenvalue weighted by Crippen LogP contribution is 2.61. The first-order valence-electron chi connectivity index (χ1n) is 17.1. The molecule has 0 bridgehead atoms. The average Bonchev–Trinajstić information content (AvgIpc) is 3.14. The summed E-state index contributed by atoms with van der Waals surface area (Å²) < 4.78 is 43.0. The zero-order valence-electron chi connectivity index (χ0n) is 30.0. The number of benzene rings is 4. The van der Waals surface area contributed by atoms with E-state index in [1.54, 1.807) is 48.7 Å². The van der Waals surface area contributed by atoms with Crippen LogP contribution >= 0.6 is 0 Å². The molecule has 4 aromatic rings. The van der Waals surface area contributed by atoms with Crippen molar-refractivity contribution in [3.63, 3.8) is 0 Å². The molecule has 2 aliphatic carbocycles. The Labute approximate surface area is 293 Å². The van der Waals surface area contributed by atoms with Crippen molar-refractivity contribution in [3.8, 4) is 74.0 Å². The van der Waals surface area contributed by atoms with E-state index >= 15 is 0 Å². The van der Waals surface area contributed by atoms with Gasteiger partial charge in [0.15, 0.2) is 46.0 Å². The Balaban J connectivity index is 1.41. The van der Waals surface area contributed by atoms with Gasteiger partial charge in [0.1, 0.15) is 5.75 Å². The van der Waals surface area contributed by atoms with Gasteiger partial charge in [-0.05, 0) is 85.8 Å². The van der Waals surface area contributed by atoms with E-state index in [-0.39, 0.29) is 17.8 Å². The van der Waals surface area contributed by atoms with Crippen LogP contribution in [-0.4, -0.2) is 84.7 Å². The summed E-state index contributed by atoms with van der Waals surface area (Å²) in [5.74, 6) is 4.58. The Morgan fingerprint density at radius 2 is 1.08 bits per heavy atom. The minimum atomic E-state index is 0.0320. The van der Waals surface area contributed by atoms with Gasteiger partial charge in [-0.15, -0.1) is 0 Å². The van der Waals surface area contributed by atoms with Gasteiger partial charge in [0.2, 0.25) is 0 Å². The lowest BCUT2D eigenvalue weighted by atomic mass is 9.75. The molecule has 0 saturated carbocycles. The second-order valence-electron chi connectivity index (χ2n) is 13.5. The topological polar surface area (TPSA) is 91.3 Å². The summed E-state index contributed by atoms with van der Waals surface area (Å²) in [6.45, 7) is 1.84. The van der Waals surface area contributed by atoms with Crippen molar-refractivity contribution in [2.24, 2.45) is 0 Å². The molecule has 0 unspecified atom stereocenters. The third kappa shape index (κ3) is 4.54. The third-order valence-electron chi connectivity index (χ3n) is 11.3. The lowest BCUT2D eigenvalue weighted by Gasteiger charge is -2.41. The van der Waals surface area contributed by atoms with E-state index in [4.69, 9.17) is 33.2 Å². The smallest absolute Gasteiger partial charge is 0.177 e. The zero-order chi connectivity index (χ0) is 35.0. The van der Waals surface area contributed by atoms with Crippen LogP contribution in [-0.2, 0) is 25.7 Å². The highest BCUT2D eigenvalue weighted by atomic mass is 16.5. The molecule has 0 spiro atoms. The van der Waals surface area contributed by atoms with E-state index in [0.29, 0.717) is 58.0 Å². The van der Waals surface area contributed by atoms with Crippen molar-refractivity contribution in [1.82, 2.24) is 9.80 Å².